The molecule has 19 heavy (non-hydrogen) atoms. The van der Waals surface area contributed by atoms with Gasteiger partial charge in [-0.25, -0.2) is 4.79 Å². The van der Waals surface area contributed by atoms with Gasteiger partial charge in [0.2, 0.25) is 0 Å². The number of rotatable bonds is 5. The highest BCUT2D eigenvalue weighted by Crippen LogP contribution is 2.12. The number of hydrogen-bond acceptors (Lipinski definition) is 6. The van der Waals surface area contributed by atoms with Crippen LogP contribution in [-0.4, -0.2) is 31.0 Å². The fraction of sp³-hybridized carbons (Fsp3) is 0.583. The summed E-state index contributed by atoms with van der Waals surface area (Å²) in [4.78, 5) is 11.3. The van der Waals surface area contributed by atoms with E-state index in [-0.39, 0.29) is 5.57 Å². The van der Waals surface area contributed by atoms with Crippen molar-refractivity contribution < 1.29 is 9.53 Å². The van der Waals surface area contributed by atoms with E-state index in [0.717, 1.165) is 0 Å². The number of carbonyl (C=O) groups is 1. The van der Waals surface area contributed by atoms with Crippen LogP contribution in [0.1, 0.15) is 20.8 Å². The number of nitrogens with one attached hydrogen (secondary N) is 2. The van der Waals surface area contributed by atoms with Crippen LogP contribution >= 0.6 is 11.8 Å². The van der Waals surface area contributed by atoms with E-state index in [1.165, 1.54) is 11.8 Å². The van der Waals surface area contributed by atoms with Gasteiger partial charge in [-0.05, 0) is 27.0 Å². The van der Waals surface area contributed by atoms with Gasteiger partial charge in [0.25, 0.3) is 0 Å². The standard InChI is InChI=1S/C12H18N4O2S/c1-12(2,3)18-11(17)16-6-5-15-10(19-4)9(7-13)8-14/h15H,5-6H2,1-4H3,(H,16,17). The molecule has 0 saturated carbocycles. The SMILES string of the molecule is CSC(NCCNC(=O)OC(C)(C)C)=C(C#N)C#N. The zero-order valence-electron chi connectivity index (χ0n) is 11.5. The summed E-state index contributed by atoms with van der Waals surface area (Å²) >= 11 is 1.28. The number of carbonyl (C=O) groups excluding carboxylic acids is 1. The maximum absolute atomic E-state index is 11.3. The van der Waals surface area contributed by atoms with E-state index in [1.54, 1.807) is 39.2 Å². The Morgan fingerprint density at radius 1 is 1.21 bits per heavy atom. The minimum atomic E-state index is -0.531. The number of amides is 1. The molecule has 0 saturated heterocycles. The van der Waals surface area contributed by atoms with E-state index >= 15 is 0 Å². The topological polar surface area (TPSA) is 97.9 Å². The molecule has 0 unspecified atom stereocenters. The van der Waals surface area contributed by atoms with Crippen molar-refractivity contribution in [1.29, 1.82) is 10.5 Å². The minimum Gasteiger partial charge on any atom is -0.444 e. The molecule has 0 radical (unpaired) electrons. The van der Waals surface area contributed by atoms with Crippen LogP contribution in [0.5, 0.6) is 0 Å². The average molecular weight is 282 g/mol. The molecular weight excluding hydrogens is 264 g/mol. The van der Waals surface area contributed by atoms with Crippen LogP contribution in [0.25, 0.3) is 0 Å². The molecule has 7 heteroatoms. The van der Waals surface area contributed by atoms with E-state index in [2.05, 4.69) is 10.6 Å². The van der Waals surface area contributed by atoms with Gasteiger partial charge in [0.1, 0.15) is 17.7 Å². The molecular formula is C12H18N4O2S. The summed E-state index contributed by atoms with van der Waals surface area (Å²) < 4.78 is 5.06. The Hall–Kier alpha value is -1.86. The summed E-state index contributed by atoms with van der Waals surface area (Å²) in [6, 6.07) is 3.61. The summed E-state index contributed by atoms with van der Waals surface area (Å²) in [7, 11) is 0. The first-order valence-corrected chi connectivity index (χ1v) is 6.85. The van der Waals surface area contributed by atoms with Crippen molar-refractivity contribution in [2.75, 3.05) is 19.3 Å². The Balaban J connectivity index is 4.12. The fourth-order valence-corrected chi connectivity index (χ4v) is 1.59. The van der Waals surface area contributed by atoms with Gasteiger partial charge in [-0.1, -0.05) is 0 Å². The molecule has 0 aliphatic carbocycles. The molecule has 0 aliphatic heterocycles. The molecule has 0 bridgehead atoms. The molecule has 0 atom stereocenters. The quantitative estimate of drug-likeness (QED) is 0.588. The largest absolute Gasteiger partial charge is 0.444 e. The highest BCUT2D eigenvalue weighted by atomic mass is 32.2. The normalized spacial score (nSPS) is 9.79. The van der Waals surface area contributed by atoms with Crippen LogP contribution in [0.2, 0.25) is 0 Å². The van der Waals surface area contributed by atoms with Crippen molar-refractivity contribution >= 4 is 17.9 Å². The van der Waals surface area contributed by atoms with Crippen molar-refractivity contribution in [3.8, 4) is 12.1 Å². The van der Waals surface area contributed by atoms with Crippen molar-refractivity contribution in [2.24, 2.45) is 0 Å². The molecule has 6 nitrogen and oxygen atoms in total. The van der Waals surface area contributed by atoms with Gasteiger partial charge >= 0.3 is 6.09 Å². The van der Waals surface area contributed by atoms with E-state index < -0.39 is 11.7 Å². The number of ether oxygens (including phenoxy) is 1. The summed E-state index contributed by atoms with van der Waals surface area (Å²) in [5.41, 5.74) is -0.499. The van der Waals surface area contributed by atoms with Crippen LogP contribution in [-0.2, 0) is 4.74 Å². The van der Waals surface area contributed by atoms with E-state index in [1.807, 2.05) is 0 Å². The van der Waals surface area contributed by atoms with Gasteiger partial charge in [-0.2, -0.15) is 10.5 Å². The van der Waals surface area contributed by atoms with Gasteiger partial charge in [-0.15, -0.1) is 11.8 Å². The number of hydrogen-bond donors (Lipinski definition) is 2. The zero-order chi connectivity index (χ0) is 14.9. The van der Waals surface area contributed by atoms with E-state index in [9.17, 15) is 4.79 Å². The molecule has 104 valence electrons. The second-order valence-electron chi connectivity index (χ2n) is 4.49. The Morgan fingerprint density at radius 3 is 2.16 bits per heavy atom. The highest BCUT2D eigenvalue weighted by Gasteiger charge is 2.15. The van der Waals surface area contributed by atoms with Gasteiger partial charge in [0, 0.05) is 13.1 Å². The highest BCUT2D eigenvalue weighted by molar-refractivity contribution is 8.02. The first-order valence-electron chi connectivity index (χ1n) is 5.63. The molecule has 0 heterocycles. The van der Waals surface area contributed by atoms with Crippen molar-refractivity contribution in [2.45, 2.75) is 26.4 Å². The molecule has 0 aromatic heterocycles. The zero-order valence-corrected chi connectivity index (χ0v) is 12.3. The Kier molecular flexibility index (Phi) is 7.47. The maximum atomic E-state index is 11.3. The van der Waals surface area contributed by atoms with E-state index in [0.29, 0.717) is 18.1 Å². The lowest BCUT2D eigenvalue weighted by atomic mass is 10.2. The number of thioether (sulfide) groups is 1. The first-order chi connectivity index (χ1) is 8.84. The number of nitriles is 2. The molecule has 0 aromatic rings. The Bertz CT molecular complexity index is 410. The molecule has 0 fully saturated rings. The monoisotopic (exact) mass is 282 g/mol. The molecule has 1 amide bonds. The predicted octanol–water partition coefficient (Wildman–Crippen LogP) is 1.72. The molecule has 0 rings (SSSR count). The van der Waals surface area contributed by atoms with E-state index in [4.69, 9.17) is 15.3 Å². The summed E-state index contributed by atoms with van der Waals surface area (Å²) in [5.74, 6) is 0. The van der Waals surface area contributed by atoms with Crippen LogP contribution in [0.3, 0.4) is 0 Å². The minimum absolute atomic E-state index is 0.0322. The lowest BCUT2D eigenvalue weighted by Gasteiger charge is -2.19. The molecule has 0 aliphatic rings. The van der Waals surface area contributed by atoms with Crippen LogP contribution in [0.15, 0.2) is 10.6 Å². The van der Waals surface area contributed by atoms with Crippen molar-refractivity contribution in [3.05, 3.63) is 10.6 Å². The van der Waals surface area contributed by atoms with Crippen molar-refractivity contribution in [1.82, 2.24) is 10.6 Å². The lowest BCUT2D eigenvalue weighted by Crippen LogP contribution is -2.36. The molecule has 2 N–H and O–H groups in total. The second kappa shape index (κ2) is 8.28. The van der Waals surface area contributed by atoms with Crippen molar-refractivity contribution in [3.63, 3.8) is 0 Å². The summed E-state index contributed by atoms with van der Waals surface area (Å²) in [6.07, 6.45) is 1.27. The van der Waals surface area contributed by atoms with Crippen LogP contribution < -0.4 is 10.6 Å². The van der Waals surface area contributed by atoms with Gasteiger partial charge < -0.3 is 15.4 Å². The lowest BCUT2D eigenvalue weighted by molar-refractivity contribution is 0.0528. The number of alkyl carbamates (subject to hydrolysis) is 1. The Labute approximate surface area is 117 Å². The third-order valence-electron chi connectivity index (χ3n) is 1.73. The summed E-state index contributed by atoms with van der Waals surface area (Å²) in [6.45, 7) is 6.09. The third-order valence-corrected chi connectivity index (χ3v) is 2.49. The van der Waals surface area contributed by atoms with Gasteiger partial charge in [-0.3, -0.25) is 0 Å². The number of allylic oxidation sites excluding steroid dienone is 1. The number of nitrogens with zero attached hydrogens (tertiary/aromatic N) is 2. The van der Waals surface area contributed by atoms with Crippen LogP contribution in [0.4, 0.5) is 4.79 Å². The van der Waals surface area contributed by atoms with Gasteiger partial charge in [0.15, 0.2) is 5.57 Å². The fourth-order valence-electron chi connectivity index (χ4n) is 1.04. The molecule has 0 spiro atoms. The summed E-state index contributed by atoms with van der Waals surface area (Å²) in [5, 5.41) is 23.4. The van der Waals surface area contributed by atoms with Crippen LogP contribution in [0, 0.1) is 22.7 Å². The Morgan fingerprint density at radius 2 is 1.74 bits per heavy atom. The molecule has 0 aromatic carbocycles. The van der Waals surface area contributed by atoms with Gasteiger partial charge in [0.05, 0.1) is 5.03 Å². The average Bonchev–Trinajstić information content (AvgIpc) is 2.31. The third kappa shape index (κ3) is 7.96. The second-order valence-corrected chi connectivity index (χ2v) is 5.30. The maximum Gasteiger partial charge on any atom is 0.407 e. The first kappa shape index (κ1) is 17.1. The predicted molar refractivity (Wildman–Crippen MR) is 74.0 cm³/mol. The smallest absolute Gasteiger partial charge is 0.407 e.